The molecular weight excluding hydrogens is 336 g/mol. The Morgan fingerprint density at radius 1 is 1.17 bits per heavy atom. The molecule has 0 aliphatic heterocycles. The molecule has 0 aliphatic carbocycles. The van der Waals surface area contributed by atoms with Crippen LogP contribution in [0.2, 0.25) is 0 Å². The largest absolute Gasteiger partial charge is 0.494 e. The molecular formula is C15H14N2O6S. The number of non-ortho nitro benzene ring substituents is 1. The van der Waals surface area contributed by atoms with Crippen LogP contribution in [0.15, 0.2) is 47.4 Å². The molecule has 2 rings (SSSR count). The van der Waals surface area contributed by atoms with Crippen LogP contribution in [0.25, 0.3) is 0 Å². The van der Waals surface area contributed by atoms with Crippen LogP contribution in [0.1, 0.15) is 10.4 Å². The third-order valence-electron chi connectivity index (χ3n) is 3.19. The molecule has 9 heteroatoms. The van der Waals surface area contributed by atoms with E-state index >= 15 is 0 Å². The molecule has 8 nitrogen and oxygen atoms in total. The van der Waals surface area contributed by atoms with E-state index in [4.69, 9.17) is 4.74 Å². The lowest BCUT2D eigenvalue weighted by Crippen LogP contribution is -2.13. The first-order valence-corrected chi connectivity index (χ1v) is 8.55. The van der Waals surface area contributed by atoms with Crippen LogP contribution >= 0.6 is 0 Å². The number of amides is 1. The van der Waals surface area contributed by atoms with Crippen molar-refractivity contribution >= 4 is 27.1 Å². The number of sulfone groups is 1. The molecule has 126 valence electrons. The fourth-order valence-corrected chi connectivity index (χ4v) is 2.58. The summed E-state index contributed by atoms with van der Waals surface area (Å²) in [5.74, 6) is -0.354. The predicted molar refractivity (Wildman–Crippen MR) is 87.2 cm³/mol. The maximum Gasteiger partial charge on any atom is 0.273 e. The molecule has 0 spiro atoms. The van der Waals surface area contributed by atoms with Crippen LogP contribution in [0, 0.1) is 10.1 Å². The first-order chi connectivity index (χ1) is 11.2. The average Bonchev–Trinajstić information content (AvgIpc) is 2.54. The summed E-state index contributed by atoms with van der Waals surface area (Å²) in [5, 5.41) is 13.3. The minimum Gasteiger partial charge on any atom is -0.494 e. The molecule has 0 bridgehead atoms. The number of rotatable bonds is 5. The monoisotopic (exact) mass is 350 g/mol. The van der Waals surface area contributed by atoms with Gasteiger partial charge in [0.25, 0.3) is 11.6 Å². The molecule has 1 amide bonds. The van der Waals surface area contributed by atoms with Gasteiger partial charge in [-0.05, 0) is 30.3 Å². The van der Waals surface area contributed by atoms with Crippen molar-refractivity contribution in [3.05, 3.63) is 58.1 Å². The van der Waals surface area contributed by atoms with Crippen LogP contribution in [-0.2, 0) is 9.84 Å². The zero-order valence-electron chi connectivity index (χ0n) is 12.8. The Hall–Kier alpha value is -2.94. The van der Waals surface area contributed by atoms with Gasteiger partial charge in [0.15, 0.2) is 9.84 Å². The van der Waals surface area contributed by atoms with Crippen molar-refractivity contribution in [3.63, 3.8) is 0 Å². The summed E-state index contributed by atoms with van der Waals surface area (Å²) in [7, 11) is -2.01. The second-order valence-corrected chi connectivity index (χ2v) is 6.91. The molecule has 0 aliphatic rings. The fraction of sp³-hybridized carbons (Fsp3) is 0.133. The van der Waals surface area contributed by atoms with Gasteiger partial charge in [-0.25, -0.2) is 8.42 Å². The lowest BCUT2D eigenvalue weighted by molar-refractivity contribution is -0.384. The van der Waals surface area contributed by atoms with E-state index in [2.05, 4.69) is 5.32 Å². The maximum absolute atomic E-state index is 12.2. The van der Waals surface area contributed by atoms with Gasteiger partial charge in [-0.2, -0.15) is 0 Å². The van der Waals surface area contributed by atoms with Gasteiger partial charge in [-0.15, -0.1) is 0 Å². The first kappa shape index (κ1) is 17.4. The van der Waals surface area contributed by atoms with Crippen LogP contribution in [0.4, 0.5) is 11.4 Å². The fourth-order valence-electron chi connectivity index (χ4n) is 1.94. The lowest BCUT2D eigenvalue weighted by atomic mass is 10.2. The Bertz CT molecular complexity index is 891. The number of hydrogen-bond donors (Lipinski definition) is 1. The number of hydrogen-bond acceptors (Lipinski definition) is 6. The van der Waals surface area contributed by atoms with Crippen LogP contribution in [0.3, 0.4) is 0 Å². The lowest BCUT2D eigenvalue weighted by Gasteiger charge is -2.10. The van der Waals surface area contributed by atoms with E-state index in [1.54, 1.807) is 0 Å². The van der Waals surface area contributed by atoms with E-state index in [-0.39, 0.29) is 27.6 Å². The molecule has 0 radical (unpaired) electrons. The number of ether oxygens (including phenoxy) is 1. The summed E-state index contributed by atoms with van der Waals surface area (Å²) in [5.41, 5.74) is 0.338. The van der Waals surface area contributed by atoms with Gasteiger partial charge in [0, 0.05) is 17.9 Å². The van der Waals surface area contributed by atoms with Crippen LogP contribution in [-0.4, -0.2) is 32.6 Å². The Morgan fingerprint density at radius 3 is 2.29 bits per heavy atom. The van der Waals surface area contributed by atoms with E-state index in [9.17, 15) is 23.3 Å². The highest BCUT2D eigenvalue weighted by Crippen LogP contribution is 2.29. The van der Waals surface area contributed by atoms with Crippen LogP contribution in [0.5, 0.6) is 5.75 Å². The smallest absolute Gasteiger partial charge is 0.273 e. The highest BCUT2D eigenvalue weighted by molar-refractivity contribution is 7.90. The summed E-state index contributed by atoms with van der Waals surface area (Å²) in [6.45, 7) is 0. The summed E-state index contributed by atoms with van der Waals surface area (Å²) in [4.78, 5) is 22.5. The SMILES string of the molecule is COc1cc([N+](=O)[O-])ccc1NC(=O)c1ccc(S(C)(=O)=O)cc1. The van der Waals surface area contributed by atoms with Gasteiger partial charge < -0.3 is 10.1 Å². The molecule has 1 N–H and O–H groups in total. The van der Waals surface area contributed by atoms with E-state index < -0.39 is 20.7 Å². The molecule has 0 heterocycles. The highest BCUT2D eigenvalue weighted by Gasteiger charge is 2.15. The molecule has 0 saturated heterocycles. The molecule has 0 aromatic heterocycles. The zero-order valence-corrected chi connectivity index (χ0v) is 13.7. The van der Waals surface area contributed by atoms with Crippen molar-refractivity contribution in [1.82, 2.24) is 0 Å². The van der Waals surface area contributed by atoms with Crippen LogP contribution < -0.4 is 10.1 Å². The van der Waals surface area contributed by atoms with E-state index in [0.717, 1.165) is 6.26 Å². The second kappa shape index (κ2) is 6.67. The molecule has 24 heavy (non-hydrogen) atoms. The summed E-state index contributed by atoms with van der Waals surface area (Å²) in [6.07, 6.45) is 1.07. The van der Waals surface area contributed by atoms with Gasteiger partial charge in [-0.3, -0.25) is 14.9 Å². The van der Waals surface area contributed by atoms with E-state index in [1.165, 1.54) is 49.6 Å². The van der Waals surface area contributed by atoms with Crippen molar-refractivity contribution in [3.8, 4) is 5.75 Å². The van der Waals surface area contributed by atoms with Gasteiger partial charge in [0.2, 0.25) is 0 Å². The van der Waals surface area contributed by atoms with Crippen molar-refractivity contribution in [2.45, 2.75) is 4.90 Å². The molecule has 2 aromatic rings. The minimum absolute atomic E-state index is 0.104. The number of benzene rings is 2. The molecule has 0 saturated carbocycles. The number of nitro benzene ring substituents is 1. The standard InChI is InChI=1S/C15H14N2O6S/c1-23-14-9-11(17(19)20)5-8-13(14)16-15(18)10-3-6-12(7-4-10)24(2,21)22/h3-9H,1-2H3,(H,16,18). The second-order valence-electron chi connectivity index (χ2n) is 4.89. The third kappa shape index (κ3) is 3.87. The van der Waals surface area contributed by atoms with Crippen molar-refractivity contribution in [2.24, 2.45) is 0 Å². The number of methoxy groups -OCH3 is 1. The Kier molecular flexibility index (Phi) is 4.84. The summed E-state index contributed by atoms with van der Waals surface area (Å²) in [6, 6.07) is 9.22. The number of nitrogens with zero attached hydrogens (tertiary/aromatic N) is 1. The Morgan fingerprint density at radius 2 is 1.79 bits per heavy atom. The van der Waals surface area contributed by atoms with Gasteiger partial charge in [0.05, 0.1) is 28.7 Å². The third-order valence-corrected chi connectivity index (χ3v) is 4.32. The Labute approximate surface area is 138 Å². The normalized spacial score (nSPS) is 10.9. The topological polar surface area (TPSA) is 116 Å². The number of anilines is 1. The molecule has 0 unspecified atom stereocenters. The van der Waals surface area contributed by atoms with Gasteiger partial charge in [0.1, 0.15) is 5.75 Å². The average molecular weight is 350 g/mol. The van der Waals surface area contributed by atoms with Gasteiger partial charge in [-0.1, -0.05) is 0 Å². The number of nitrogens with one attached hydrogen (secondary N) is 1. The quantitative estimate of drug-likeness (QED) is 0.653. The summed E-state index contributed by atoms with van der Waals surface area (Å²) >= 11 is 0. The highest BCUT2D eigenvalue weighted by atomic mass is 32.2. The van der Waals surface area contributed by atoms with E-state index in [0.29, 0.717) is 0 Å². The number of carbonyl (C=O) groups excluding carboxylic acids is 1. The Balaban J connectivity index is 2.25. The summed E-state index contributed by atoms with van der Waals surface area (Å²) < 4.78 is 27.8. The zero-order chi connectivity index (χ0) is 17.9. The van der Waals surface area contributed by atoms with Gasteiger partial charge >= 0.3 is 0 Å². The first-order valence-electron chi connectivity index (χ1n) is 6.66. The van der Waals surface area contributed by atoms with E-state index in [1.807, 2.05) is 0 Å². The van der Waals surface area contributed by atoms with Crippen molar-refractivity contribution in [2.75, 3.05) is 18.7 Å². The molecule has 0 fully saturated rings. The van der Waals surface area contributed by atoms with Crippen molar-refractivity contribution in [1.29, 1.82) is 0 Å². The molecule has 0 atom stereocenters. The van der Waals surface area contributed by atoms with Crippen molar-refractivity contribution < 1.29 is 22.9 Å². The minimum atomic E-state index is -3.34. The molecule has 2 aromatic carbocycles. The number of nitro groups is 1. The maximum atomic E-state index is 12.2. The predicted octanol–water partition coefficient (Wildman–Crippen LogP) is 2.26. The number of carbonyl (C=O) groups is 1.